The van der Waals surface area contributed by atoms with Crippen LogP contribution in [-0.4, -0.2) is 41.7 Å². The minimum Gasteiger partial charge on any atom is -0.482 e. The lowest BCUT2D eigenvalue weighted by Gasteiger charge is -2.69. The zero-order chi connectivity index (χ0) is 30.7. The van der Waals surface area contributed by atoms with Crippen LogP contribution >= 0.6 is 0 Å². The van der Waals surface area contributed by atoms with Gasteiger partial charge in [-0.15, -0.1) is 0 Å². The van der Waals surface area contributed by atoms with Gasteiger partial charge in [0, 0.05) is 29.4 Å². The molecule has 3 aromatic rings. The summed E-state index contributed by atoms with van der Waals surface area (Å²) in [6.45, 7) is 4.46. The van der Waals surface area contributed by atoms with Crippen molar-refractivity contribution in [3.05, 3.63) is 70.4 Å². The van der Waals surface area contributed by atoms with E-state index >= 15 is 0 Å². The number of hydrogen-bond acceptors (Lipinski definition) is 7. The molecule has 0 radical (unpaired) electrons. The van der Waals surface area contributed by atoms with Gasteiger partial charge in [-0.1, -0.05) is 26.0 Å². The molecule has 3 aliphatic carbocycles. The Morgan fingerprint density at radius 1 is 1.19 bits per heavy atom. The number of nitrogens with zero attached hydrogens (tertiary/aromatic N) is 2. The monoisotopic (exact) mass is 588 g/mol. The first-order valence-corrected chi connectivity index (χ1v) is 14.3. The van der Waals surface area contributed by atoms with Crippen molar-refractivity contribution in [2.24, 2.45) is 22.8 Å². The maximum absolute atomic E-state index is 13.9. The van der Waals surface area contributed by atoms with Gasteiger partial charge in [0.05, 0.1) is 23.5 Å². The summed E-state index contributed by atoms with van der Waals surface area (Å²) < 4.78 is 33.2. The van der Waals surface area contributed by atoms with Crippen LogP contribution in [0.2, 0.25) is 0 Å². The molecule has 0 spiro atoms. The highest BCUT2D eigenvalue weighted by molar-refractivity contribution is 6.08. The molecule has 3 saturated carbocycles. The SMILES string of the molecule is CC(C)Cc1nc(NCC23CC(N)(C2)C3)c(C=N)c(-c2ccc3c(c2)OCC(=O)N3Cc2ccc(F)c(F)c2)c1C(N)=O. The minimum atomic E-state index is -0.997. The number of fused-ring (bicyclic) bond motifs is 1. The number of amides is 2. The van der Waals surface area contributed by atoms with Crippen molar-refractivity contribution in [1.82, 2.24) is 4.98 Å². The number of pyridine rings is 1. The lowest BCUT2D eigenvalue weighted by molar-refractivity contribution is -0.121. The van der Waals surface area contributed by atoms with Gasteiger partial charge < -0.3 is 31.8 Å². The normalized spacial score (nSPS) is 21.9. The van der Waals surface area contributed by atoms with E-state index in [4.69, 9.17) is 26.6 Å². The fourth-order valence-corrected chi connectivity index (χ4v) is 6.92. The van der Waals surface area contributed by atoms with Crippen molar-refractivity contribution in [3.8, 4) is 16.9 Å². The molecule has 0 atom stereocenters. The number of rotatable bonds is 10. The summed E-state index contributed by atoms with van der Waals surface area (Å²) in [6, 6.07) is 8.62. The molecule has 4 aliphatic rings. The van der Waals surface area contributed by atoms with Crippen molar-refractivity contribution in [1.29, 1.82) is 5.41 Å². The second-order valence-electron chi connectivity index (χ2n) is 12.6. The van der Waals surface area contributed by atoms with Crippen LogP contribution in [0.5, 0.6) is 5.75 Å². The van der Waals surface area contributed by atoms with Crippen molar-refractivity contribution in [2.45, 2.75) is 51.6 Å². The van der Waals surface area contributed by atoms with E-state index in [9.17, 15) is 18.4 Å². The zero-order valence-electron chi connectivity index (χ0n) is 24.1. The van der Waals surface area contributed by atoms with Gasteiger partial charge >= 0.3 is 0 Å². The lowest BCUT2D eigenvalue weighted by Crippen LogP contribution is -2.74. The number of ether oxygens (including phenoxy) is 1. The van der Waals surface area contributed by atoms with Crippen LogP contribution in [0.1, 0.15) is 60.3 Å². The van der Waals surface area contributed by atoms with Crippen molar-refractivity contribution < 1.29 is 23.1 Å². The maximum Gasteiger partial charge on any atom is 0.265 e. The summed E-state index contributed by atoms with van der Waals surface area (Å²) in [5, 5.41) is 11.8. The topological polar surface area (TPSA) is 147 Å². The van der Waals surface area contributed by atoms with Gasteiger partial charge in [-0.25, -0.2) is 13.8 Å². The molecule has 2 amide bonds. The van der Waals surface area contributed by atoms with Gasteiger partial charge in [-0.2, -0.15) is 0 Å². The highest BCUT2D eigenvalue weighted by Gasteiger charge is 2.65. The van der Waals surface area contributed by atoms with E-state index < -0.39 is 17.5 Å². The molecule has 0 saturated heterocycles. The van der Waals surface area contributed by atoms with E-state index in [0.29, 0.717) is 58.2 Å². The molecule has 2 heterocycles. The maximum atomic E-state index is 13.9. The van der Waals surface area contributed by atoms with E-state index in [-0.39, 0.29) is 41.5 Å². The van der Waals surface area contributed by atoms with Crippen LogP contribution in [0.4, 0.5) is 20.3 Å². The summed E-state index contributed by atoms with van der Waals surface area (Å²) in [6.07, 6.45) is 4.50. The number of benzene rings is 2. The number of carbonyl (C=O) groups excluding carboxylic acids is 2. The molecule has 1 aliphatic heterocycles. The fraction of sp³-hybridized carbons (Fsp3) is 0.375. The average Bonchev–Trinajstić information content (AvgIpc) is 2.92. The molecule has 7 rings (SSSR count). The van der Waals surface area contributed by atoms with Crippen molar-refractivity contribution in [3.63, 3.8) is 0 Å². The van der Waals surface area contributed by atoms with Crippen LogP contribution in [0.25, 0.3) is 11.1 Å². The van der Waals surface area contributed by atoms with E-state index in [1.54, 1.807) is 18.2 Å². The Bertz CT molecular complexity index is 1650. The predicted molar refractivity (Wildman–Crippen MR) is 159 cm³/mol. The Balaban J connectivity index is 1.42. The summed E-state index contributed by atoms with van der Waals surface area (Å²) in [5.74, 6) is -1.93. The summed E-state index contributed by atoms with van der Waals surface area (Å²) in [5.41, 5.74) is 15.4. The van der Waals surface area contributed by atoms with Gasteiger partial charge in [0.25, 0.3) is 11.8 Å². The molecule has 3 fully saturated rings. The minimum absolute atomic E-state index is 0.0116. The Hall–Kier alpha value is -4.38. The molecular weight excluding hydrogens is 554 g/mol. The number of aromatic nitrogens is 1. The number of anilines is 2. The Morgan fingerprint density at radius 3 is 2.56 bits per heavy atom. The van der Waals surface area contributed by atoms with Crippen LogP contribution in [0.15, 0.2) is 36.4 Å². The number of hydrogen-bond donors (Lipinski definition) is 4. The van der Waals surface area contributed by atoms with E-state index in [0.717, 1.165) is 31.4 Å². The van der Waals surface area contributed by atoms with Crippen LogP contribution in [0, 0.1) is 28.4 Å². The molecule has 224 valence electrons. The molecule has 2 bridgehead atoms. The van der Waals surface area contributed by atoms with Gasteiger partial charge in [-0.3, -0.25) is 9.59 Å². The highest BCUT2D eigenvalue weighted by Crippen LogP contribution is 2.65. The van der Waals surface area contributed by atoms with Crippen molar-refractivity contribution >= 4 is 29.5 Å². The average molecular weight is 589 g/mol. The van der Waals surface area contributed by atoms with E-state index in [1.807, 2.05) is 13.8 Å². The van der Waals surface area contributed by atoms with Gasteiger partial charge in [0.15, 0.2) is 18.2 Å². The van der Waals surface area contributed by atoms with Crippen LogP contribution in [0.3, 0.4) is 0 Å². The molecule has 1 aromatic heterocycles. The number of nitrogens with one attached hydrogen (secondary N) is 2. The third kappa shape index (κ3) is 5.11. The first kappa shape index (κ1) is 28.7. The second-order valence-corrected chi connectivity index (χ2v) is 12.6. The van der Waals surface area contributed by atoms with Gasteiger partial charge in [0.1, 0.15) is 11.6 Å². The molecule has 9 nitrogen and oxygen atoms in total. The van der Waals surface area contributed by atoms with Crippen LogP contribution in [-0.2, 0) is 17.8 Å². The van der Waals surface area contributed by atoms with Gasteiger partial charge in [-0.05, 0) is 72.4 Å². The number of carbonyl (C=O) groups is 2. The molecule has 6 N–H and O–H groups in total. The first-order chi connectivity index (χ1) is 20.4. The Labute approximate surface area is 248 Å². The van der Waals surface area contributed by atoms with Crippen LogP contribution < -0.4 is 26.4 Å². The molecule has 43 heavy (non-hydrogen) atoms. The summed E-state index contributed by atoms with van der Waals surface area (Å²) in [4.78, 5) is 32.1. The zero-order valence-corrected chi connectivity index (χ0v) is 24.1. The Kier molecular flexibility index (Phi) is 6.95. The number of halogens is 2. The summed E-state index contributed by atoms with van der Waals surface area (Å²) in [7, 11) is 0. The molecule has 2 aromatic carbocycles. The third-order valence-corrected chi connectivity index (χ3v) is 8.63. The smallest absolute Gasteiger partial charge is 0.265 e. The highest BCUT2D eigenvalue weighted by atomic mass is 19.2. The molecular formula is C32H34F2N6O3. The van der Waals surface area contributed by atoms with E-state index in [1.165, 1.54) is 17.2 Å². The third-order valence-electron chi connectivity index (χ3n) is 8.63. The first-order valence-electron chi connectivity index (χ1n) is 14.3. The lowest BCUT2D eigenvalue weighted by atomic mass is 9.40. The fourth-order valence-electron chi connectivity index (χ4n) is 6.92. The van der Waals surface area contributed by atoms with Gasteiger partial charge in [0.2, 0.25) is 0 Å². The second kappa shape index (κ2) is 10.4. The quantitative estimate of drug-likeness (QED) is 0.256. The molecule has 0 unspecified atom stereocenters. The van der Waals surface area contributed by atoms with E-state index in [2.05, 4.69) is 5.32 Å². The molecule has 11 heteroatoms. The predicted octanol–water partition coefficient (Wildman–Crippen LogP) is 4.54. The number of primary amides is 1. The standard InChI is InChI=1S/C32H34F2N6O3/c1-17(2)7-23-28(29(36)42)27(20(10-35)30(39-23)38-16-31-13-32(37,14-31)15-31)19-4-6-24-25(9-19)43-12-26(41)40(24)11-18-3-5-21(33)22(34)8-18/h3-6,8-10,17,35H,7,11-16,37H2,1-2H3,(H2,36,42)(H,38,39). The van der Waals surface area contributed by atoms with Crippen molar-refractivity contribution in [2.75, 3.05) is 23.4 Å². The summed E-state index contributed by atoms with van der Waals surface area (Å²) >= 11 is 0. The largest absolute Gasteiger partial charge is 0.482 e. The Morgan fingerprint density at radius 2 is 1.93 bits per heavy atom. The number of nitrogens with two attached hydrogens (primary N) is 2.